The van der Waals surface area contributed by atoms with Crippen LogP contribution in [-0.4, -0.2) is 29.2 Å². The molecule has 0 aliphatic carbocycles. The highest BCUT2D eigenvalue weighted by Crippen LogP contribution is 2.20. The van der Waals surface area contributed by atoms with E-state index in [1.165, 1.54) is 18.2 Å². The van der Waals surface area contributed by atoms with Gasteiger partial charge < -0.3 is 4.90 Å². The lowest BCUT2D eigenvalue weighted by atomic mass is 10.1. The van der Waals surface area contributed by atoms with Gasteiger partial charge in [-0.2, -0.15) is 0 Å². The minimum atomic E-state index is -0.748. The Morgan fingerprint density at radius 3 is 2.46 bits per heavy atom. The van der Waals surface area contributed by atoms with E-state index in [1.54, 1.807) is 4.90 Å². The van der Waals surface area contributed by atoms with Crippen molar-refractivity contribution in [1.82, 2.24) is 15.8 Å². The van der Waals surface area contributed by atoms with Crippen molar-refractivity contribution in [3.8, 4) is 0 Å². The molecule has 1 aliphatic rings. The quantitative estimate of drug-likeness (QED) is 0.819. The predicted octanol–water partition coefficient (Wildman–Crippen LogP) is 1.64. The lowest BCUT2D eigenvalue weighted by molar-refractivity contribution is -0.129. The normalized spacial score (nSPS) is 16.4. The summed E-state index contributed by atoms with van der Waals surface area (Å²) in [5, 5.41) is 0. The SMILES string of the molecule is O=C(NNC(=O)[C@@H]1CC(=O)N(Cc2ccccc2)C1)c1ccccc1F. The summed E-state index contributed by atoms with van der Waals surface area (Å²) in [4.78, 5) is 37.8. The summed E-state index contributed by atoms with van der Waals surface area (Å²) in [7, 11) is 0. The fraction of sp³-hybridized carbons (Fsp3) is 0.211. The molecule has 2 aromatic rings. The molecule has 0 bridgehead atoms. The Labute approximate surface area is 150 Å². The van der Waals surface area contributed by atoms with Gasteiger partial charge in [0.15, 0.2) is 0 Å². The fourth-order valence-corrected chi connectivity index (χ4v) is 2.84. The molecule has 26 heavy (non-hydrogen) atoms. The third-order valence-electron chi connectivity index (χ3n) is 4.22. The van der Waals surface area contributed by atoms with Crippen molar-refractivity contribution < 1.29 is 18.8 Å². The lowest BCUT2D eigenvalue weighted by Gasteiger charge is -2.16. The van der Waals surface area contributed by atoms with Crippen LogP contribution in [0.1, 0.15) is 22.3 Å². The standard InChI is InChI=1S/C19H18FN3O3/c20-16-9-5-4-8-15(16)19(26)22-21-18(25)14-10-17(24)23(12-14)11-13-6-2-1-3-7-13/h1-9,14H,10-12H2,(H,21,25)(H,22,26)/t14-/m1/s1. The summed E-state index contributed by atoms with van der Waals surface area (Å²) in [5.74, 6) is -2.58. The molecule has 1 aliphatic heterocycles. The van der Waals surface area contributed by atoms with E-state index in [2.05, 4.69) is 10.9 Å². The van der Waals surface area contributed by atoms with Crippen molar-refractivity contribution in [2.24, 2.45) is 5.92 Å². The molecule has 134 valence electrons. The molecule has 1 saturated heterocycles. The summed E-state index contributed by atoms with van der Waals surface area (Å²) < 4.78 is 13.6. The Morgan fingerprint density at radius 1 is 1.04 bits per heavy atom. The van der Waals surface area contributed by atoms with Crippen LogP contribution < -0.4 is 10.9 Å². The first kappa shape index (κ1) is 17.6. The number of likely N-dealkylation sites (tertiary alicyclic amines) is 1. The minimum absolute atomic E-state index is 0.0776. The summed E-state index contributed by atoms with van der Waals surface area (Å²) in [5.41, 5.74) is 5.27. The molecule has 2 N–H and O–H groups in total. The first-order valence-electron chi connectivity index (χ1n) is 8.21. The summed E-state index contributed by atoms with van der Waals surface area (Å²) in [6.07, 6.45) is 0.0776. The highest BCUT2D eigenvalue weighted by atomic mass is 19.1. The maximum Gasteiger partial charge on any atom is 0.272 e. The summed E-state index contributed by atoms with van der Waals surface area (Å²) >= 11 is 0. The number of rotatable bonds is 4. The second-order valence-electron chi connectivity index (χ2n) is 6.08. The molecule has 3 rings (SSSR count). The van der Waals surface area contributed by atoms with Crippen LogP contribution in [0.25, 0.3) is 0 Å². The van der Waals surface area contributed by atoms with Gasteiger partial charge in [0.05, 0.1) is 11.5 Å². The molecule has 0 aromatic heterocycles. The van der Waals surface area contributed by atoms with Gasteiger partial charge in [-0.15, -0.1) is 0 Å². The Bertz CT molecular complexity index is 826. The summed E-state index contributed by atoms with van der Waals surface area (Å²) in [6, 6.07) is 15.0. The van der Waals surface area contributed by atoms with Crippen LogP contribution in [0.4, 0.5) is 4.39 Å². The first-order valence-corrected chi connectivity index (χ1v) is 8.21. The maximum absolute atomic E-state index is 13.6. The van der Waals surface area contributed by atoms with Crippen molar-refractivity contribution in [2.45, 2.75) is 13.0 Å². The zero-order valence-corrected chi connectivity index (χ0v) is 13.9. The molecule has 1 fully saturated rings. The van der Waals surface area contributed by atoms with Crippen molar-refractivity contribution in [2.75, 3.05) is 6.54 Å². The van der Waals surface area contributed by atoms with Gasteiger partial charge in [-0.1, -0.05) is 42.5 Å². The van der Waals surface area contributed by atoms with Gasteiger partial charge in [0.2, 0.25) is 11.8 Å². The first-order chi connectivity index (χ1) is 12.5. The average Bonchev–Trinajstić information content (AvgIpc) is 3.01. The number of hydrogen-bond acceptors (Lipinski definition) is 3. The van der Waals surface area contributed by atoms with Crippen LogP contribution in [0, 0.1) is 11.7 Å². The van der Waals surface area contributed by atoms with Crippen molar-refractivity contribution >= 4 is 17.7 Å². The zero-order chi connectivity index (χ0) is 18.5. The van der Waals surface area contributed by atoms with E-state index in [0.29, 0.717) is 6.54 Å². The number of benzene rings is 2. The van der Waals surface area contributed by atoms with Crippen molar-refractivity contribution in [3.63, 3.8) is 0 Å². The van der Waals surface area contributed by atoms with Crippen LogP contribution >= 0.6 is 0 Å². The smallest absolute Gasteiger partial charge is 0.272 e. The van der Waals surface area contributed by atoms with E-state index in [4.69, 9.17) is 0 Å². The van der Waals surface area contributed by atoms with Crippen LogP contribution in [0.2, 0.25) is 0 Å². The fourth-order valence-electron chi connectivity index (χ4n) is 2.84. The third-order valence-corrected chi connectivity index (χ3v) is 4.22. The number of halogens is 1. The second kappa shape index (κ2) is 7.77. The highest BCUT2D eigenvalue weighted by Gasteiger charge is 2.34. The average molecular weight is 355 g/mol. The molecule has 0 unspecified atom stereocenters. The van der Waals surface area contributed by atoms with Gasteiger partial charge in [0.25, 0.3) is 5.91 Å². The van der Waals surface area contributed by atoms with E-state index < -0.39 is 23.5 Å². The largest absolute Gasteiger partial charge is 0.338 e. The van der Waals surface area contributed by atoms with Crippen molar-refractivity contribution in [1.29, 1.82) is 0 Å². The number of hydrazine groups is 1. The van der Waals surface area contributed by atoms with Crippen LogP contribution in [0.5, 0.6) is 0 Å². The molecule has 1 atom stereocenters. The predicted molar refractivity (Wildman–Crippen MR) is 92.0 cm³/mol. The van der Waals surface area contributed by atoms with E-state index in [0.717, 1.165) is 11.6 Å². The van der Waals surface area contributed by atoms with Gasteiger partial charge in [-0.3, -0.25) is 25.2 Å². The molecular weight excluding hydrogens is 337 g/mol. The number of nitrogens with zero attached hydrogens (tertiary/aromatic N) is 1. The Kier molecular flexibility index (Phi) is 5.26. The van der Waals surface area contributed by atoms with Crippen molar-refractivity contribution in [3.05, 3.63) is 71.5 Å². The van der Waals surface area contributed by atoms with Crippen LogP contribution in [0.15, 0.2) is 54.6 Å². The van der Waals surface area contributed by atoms with E-state index in [1.807, 2.05) is 30.3 Å². The molecule has 0 radical (unpaired) electrons. The maximum atomic E-state index is 13.6. The molecule has 1 heterocycles. The van der Waals surface area contributed by atoms with Gasteiger partial charge in [0.1, 0.15) is 5.82 Å². The van der Waals surface area contributed by atoms with E-state index in [9.17, 15) is 18.8 Å². The minimum Gasteiger partial charge on any atom is -0.338 e. The molecule has 3 amide bonds. The number of carbonyl (C=O) groups is 3. The number of hydrogen-bond donors (Lipinski definition) is 2. The molecule has 2 aromatic carbocycles. The van der Waals surface area contributed by atoms with Gasteiger partial charge in [0, 0.05) is 19.5 Å². The van der Waals surface area contributed by atoms with Gasteiger partial charge in [-0.05, 0) is 17.7 Å². The third kappa shape index (κ3) is 4.05. The molecule has 6 nitrogen and oxygen atoms in total. The lowest BCUT2D eigenvalue weighted by Crippen LogP contribution is -2.45. The number of nitrogens with one attached hydrogen (secondary N) is 2. The molecular formula is C19H18FN3O3. The molecule has 0 spiro atoms. The number of carbonyl (C=O) groups excluding carboxylic acids is 3. The Morgan fingerprint density at radius 2 is 1.73 bits per heavy atom. The monoisotopic (exact) mass is 355 g/mol. The Balaban J connectivity index is 1.53. The highest BCUT2D eigenvalue weighted by molar-refractivity contribution is 5.96. The van der Waals surface area contributed by atoms with E-state index in [-0.39, 0.29) is 24.4 Å². The van der Waals surface area contributed by atoms with Crippen LogP contribution in [-0.2, 0) is 16.1 Å². The zero-order valence-electron chi connectivity index (χ0n) is 13.9. The molecule has 7 heteroatoms. The van der Waals surface area contributed by atoms with Crippen LogP contribution in [0.3, 0.4) is 0 Å². The summed E-state index contributed by atoms with van der Waals surface area (Å²) in [6.45, 7) is 0.709. The Hall–Kier alpha value is -3.22. The second-order valence-corrected chi connectivity index (χ2v) is 6.08. The molecule has 0 saturated carbocycles. The topological polar surface area (TPSA) is 78.5 Å². The van der Waals surface area contributed by atoms with Gasteiger partial charge in [-0.25, -0.2) is 4.39 Å². The van der Waals surface area contributed by atoms with E-state index >= 15 is 0 Å². The number of amides is 3. The van der Waals surface area contributed by atoms with Gasteiger partial charge >= 0.3 is 0 Å².